The molecule has 25 heteroatoms. The quantitative estimate of drug-likeness (QED) is 0.163. The lowest BCUT2D eigenvalue weighted by Gasteiger charge is -2.23. The summed E-state index contributed by atoms with van der Waals surface area (Å²) in [4.78, 5) is 4.76. The third-order valence-corrected chi connectivity index (χ3v) is 12.8. The standard InChI is InChI=1S/C35B21N3S/c36-7-1-2-8(37)14(43)18(47)22(51)28(2)58(27(1)21(50)17(46)13(7)42)31-11(40)5-6-12(41)34(56)57-35(33(6)60-32(5)26(55)25(31)54)59-29-3(9(38)15(44)19(48)23(29)52)4-10(39)16(45)20(49)24(53)30(4)59. The summed E-state index contributed by atoms with van der Waals surface area (Å²) in [5, 5.41) is 1.60. The van der Waals surface area contributed by atoms with Gasteiger partial charge in [0, 0.05) is 32.5 Å². The monoisotopic (exact) mass is 725 g/mol. The zero-order valence-electron chi connectivity index (χ0n) is 31.4. The van der Waals surface area contributed by atoms with Gasteiger partial charge in [-0.1, -0.05) is 65.6 Å². The Morgan fingerprint density at radius 2 is 0.583 bits per heavy atom. The number of hydrogen-bond donors (Lipinski definition) is 0. The molecule has 0 spiro atoms. The fourth-order valence-corrected chi connectivity index (χ4v) is 9.69. The van der Waals surface area contributed by atoms with Gasteiger partial charge in [0.15, 0.2) is 5.82 Å². The van der Waals surface area contributed by atoms with E-state index in [0.717, 1.165) is 11.3 Å². The van der Waals surface area contributed by atoms with Crippen LogP contribution in [0.15, 0.2) is 0 Å². The van der Waals surface area contributed by atoms with Crippen molar-refractivity contribution < 1.29 is 0 Å². The second kappa shape index (κ2) is 13.7. The maximum Gasteiger partial charge on any atom is 0.154 e. The molecule has 42 radical (unpaired) electrons. The summed E-state index contributed by atoms with van der Waals surface area (Å²) in [6.07, 6.45) is 0. The van der Waals surface area contributed by atoms with E-state index in [9.17, 15) is 0 Å². The van der Waals surface area contributed by atoms with Crippen LogP contribution >= 0.6 is 11.3 Å². The summed E-state index contributed by atoms with van der Waals surface area (Å²) in [6, 6.07) is 0. The molecule has 0 atom stereocenters. The van der Waals surface area contributed by atoms with Gasteiger partial charge < -0.3 is 4.57 Å². The number of rotatable bonds is 2. The minimum Gasteiger partial charge on any atom is -0.312 e. The molecule has 0 aliphatic heterocycles. The Kier molecular flexibility index (Phi) is 9.55. The Bertz CT molecular complexity index is 3410. The van der Waals surface area contributed by atoms with Gasteiger partial charge in [0.25, 0.3) is 0 Å². The molecule has 60 heavy (non-hydrogen) atoms. The molecule has 0 fully saturated rings. The molecule has 0 aliphatic rings. The molecule has 9 rings (SSSR count). The molecule has 0 aliphatic carbocycles. The van der Waals surface area contributed by atoms with Gasteiger partial charge in [-0.25, -0.2) is 4.98 Å². The van der Waals surface area contributed by atoms with E-state index < -0.39 is 0 Å². The van der Waals surface area contributed by atoms with Crippen molar-refractivity contribution >= 4 is 355 Å². The third-order valence-electron chi connectivity index (χ3n) is 11.6. The van der Waals surface area contributed by atoms with Gasteiger partial charge in [0.1, 0.15) is 165 Å². The van der Waals surface area contributed by atoms with Crippen molar-refractivity contribution in [3.8, 4) is 11.5 Å². The molecule has 0 N–H and O–H groups in total. The molecule has 0 saturated heterocycles. The van der Waals surface area contributed by atoms with Gasteiger partial charge in [-0.15, -0.1) is 55.0 Å². The van der Waals surface area contributed by atoms with Crippen LogP contribution in [0, 0.1) is 0 Å². The Labute approximate surface area is 378 Å². The molecule has 4 heterocycles. The molecule has 0 bridgehead atoms. The number of hydrogen-bond acceptors (Lipinski definition) is 2. The van der Waals surface area contributed by atoms with Crippen molar-refractivity contribution in [1.82, 2.24) is 14.1 Å². The Morgan fingerprint density at radius 1 is 0.267 bits per heavy atom. The van der Waals surface area contributed by atoms with Gasteiger partial charge in [-0.3, -0.25) is 4.57 Å². The van der Waals surface area contributed by atoms with Gasteiger partial charge in [-0.2, -0.15) is 0 Å². The lowest BCUT2D eigenvalue weighted by Crippen LogP contribution is -2.49. The Morgan fingerprint density at radius 3 is 0.950 bits per heavy atom. The van der Waals surface area contributed by atoms with Crippen LogP contribution in [-0.2, 0) is 0 Å². The summed E-state index contributed by atoms with van der Waals surface area (Å²) in [5.41, 5.74) is 0.589. The Hall–Kier alpha value is -3.57. The highest BCUT2D eigenvalue weighted by molar-refractivity contribution is 7.28. The molecular weight excluding hydrogens is 722 g/mol. The summed E-state index contributed by atoms with van der Waals surface area (Å²) < 4.78 is 3.79. The number of benzene rings is 5. The molecule has 9 aromatic rings. The van der Waals surface area contributed by atoms with E-state index in [1.165, 1.54) is 4.57 Å². The van der Waals surface area contributed by atoms with Crippen LogP contribution in [0.2, 0.25) is 0 Å². The smallest absolute Gasteiger partial charge is 0.154 e. The van der Waals surface area contributed by atoms with Crippen LogP contribution in [0.4, 0.5) is 0 Å². The van der Waals surface area contributed by atoms with E-state index in [1.54, 1.807) is 4.57 Å². The molecule has 0 saturated carbocycles. The molecule has 224 valence electrons. The first-order valence-corrected chi connectivity index (χ1v) is 18.3. The third kappa shape index (κ3) is 4.99. The van der Waals surface area contributed by atoms with Gasteiger partial charge in [0.05, 0.1) is 4.70 Å². The van der Waals surface area contributed by atoms with Gasteiger partial charge in [0.2, 0.25) is 0 Å². The zero-order chi connectivity index (χ0) is 43.8. The van der Waals surface area contributed by atoms with Crippen molar-refractivity contribution in [2.45, 2.75) is 0 Å². The van der Waals surface area contributed by atoms with Crippen molar-refractivity contribution in [2.24, 2.45) is 0 Å². The van der Waals surface area contributed by atoms with E-state index in [-0.39, 0.29) is 181 Å². The highest BCUT2D eigenvalue weighted by Gasteiger charge is 2.29. The summed E-state index contributed by atoms with van der Waals surface area (Å²) in [6.45, 7) is 0. The average molecular weight is 722 g/mol. The molecule has 3 nitrogen and oxygen atoms in total. The molecular formula is C35B21N3S. The van der Waals surface area contributed by atoms with E-state index in [4.69, 9.17) is 170 Å². The van der Waals surface area contributed by atoms with Crippen molar-refractivity contribution in [1.29, 1.82) is 0 Å². The topological polar surface area (TPSA) is 22.8 Å². The van der Waals surface area contributed by atoms with E-state index in [2.05, 4.69) is 0 Å². The minimum absolute atomic E-state index is 0.000709. The number of nitrogens with zero attached hydrogens (tertiary/aromatic N) is 3. The first-order valence-electron chi connectivity index (χ1n) is 17.5. The first kappa shape index (κ1) is 41.8. The number of thiophene rings is 1. The highest BCUT2D eigenvalue weighted by atomic mass is 32.1. The van der Waals surface area contributed by atoms with Crippen LogP contribution in [0.3, 0.4) is 0 Å². The summed E-state index contributed by atoms with van der Waals surface area (Å²) in [7, 11) is 139. The van der Waals surface area contributed by atoms with E-state index in [1.807, 2.05) is 0 Å². The summed E-state index contributed by atoms with van der Waals surface area (Å²) in [5.74, 6) is 0.111. The fourth-order valence-electron chi connectivity index (χ4n) is 8.41. The lowest BCUT2D eigenvalue weighted by molar-refractivity contribution is 1.13. The predicted octanol–water partition coefficient (Wildman–Crippen LogP) is -15.7. The minimum atomic E-state index is -0.147. The van der Waals surface area contributed by atoms with Crippen molar-refractivity contribution in [2.75, 3.05) is 0 Å². The molecule has 0 amide bonds. The highest BCUT2D eigenvalue weighted by Crippen LogP contribution is 2.37. The SMILES string of the molecule is [B]c1nc(-n2c3c([B])c([B])c([B])c([B])c3c3c([B])c([B])c([B])c([B])c32)c2sc3c([B])c([B])c(-n4c5c([B])c([B])c([B])c([B])c5c5c([B])c([B])c([B])c([B])c54)c([B])c3c2c1[B]. The van der Waals surface area contributed by atoms with Crippen molar-refractivity contribution in [3.63, 3.8) is 0 Å². The van der Waals surface area contributed by atoms with Crippen LogP contribution in [0.5, 0.6) is 0 Å². The number of pyridine rings is 1. The van der Waals surface area contributed by atoms with Crippen molar-refractivity contribution in [3.05, 3.63) is 0 Å². The fraction of sp³-hybridized carbons (Fsp3) is 0. The van der Waals surface area contributed by atoms with Gasteiger partial charge >= 0.3 is 0 Å². The lowest BCUT2D eigenvalue weighted by atomic mass is 9.63. The number of aromatic nitrogens is 3. The maximum absolute atomic E-state index is 7.25. The Balaban J connectivity index is 1.54. The van der Waals surface area contributed by atoms with Crippen LogP contribution in [0.1, 0.15) is 0 Å². The second-order valence-corrected chi connectivity index (χ2v) is 15.5. The van der Waals surface area contributed by atoms with E-state index >= 15 is 0 Å². The summed E-state index contributed by atoms with van der Waals surface area (Å²) >= 11 is 1.12. The van der Waals surface area contributed by atoms with Crippen LogP contribution < -0.4 is 115 Å². The predicted molar refractivity (Wildman–Crippen MR) is 279 cm³/mol. The van der Waals surface area contributed by atoms with Crippen LogP contribution in [-0.4, -0.2) is 179 Å². The zero-order valence-corrected chi connectivity index (χ0v) is 32.2. The van der Waals surface area contributed by atoms with E-state index in [0.29, 0.717) is 9.40 Å². The number of fused-ring (bicyclic) bond motifs is 9. The van der Waals surface area contributed by atoms with Gasteiger partial charge in [-0.05, 0) is 37.9 Å². The largest absolute Gasteiger partial charge is 0.312 e. The average Bonchev–Trinajstić information content (AvgIpc) is 3.91. The maximum atomic E-state index is 7.25. The first-order chi connectivity index (χ1) is 28.1. The molecule has 5 aromatic carbocycles. The van der Waals surface area contributed by atoms with Crippen LogP contribution in [0.25, 0.3) is 75.3 Å². The molecule has 4 aromatic heterocycles. The molecule has 0 unspecified atom stereocenters. The second-order valence-electron chi connectivity index (χ2n) is 14.5. The normalized spacial score (nSPS) is 12.1.